The van der Waals surface area contributed by atoms with Crippen molar-refractivity contribution in [3.05, 3.63) is 0 Å². The zero-order valence-electron chi connectivity index (χ0n) is 11.7. The molecule has 0 aromatic carbocycles. The van der Waals surface area contributed by atoms with E-state index in [1.54, 1.807) is 4.90 Å². The number of rotatable bonds is 1. The first-order valence-corrected chi connectivity index (χ1v) is 6.38. The summed E-state index contributed by atoms with van der Waals surface area (Å²) < 4.78 is 10.7. The smallest absolute Gasteiger partial charge is 0.410 e. The first-order valence-electron chi connectivity index (χ1n) is 6.38. The Hall–Kier alpha value is -0.810. The predicted octanol–water partition coefficient (Wildman–Crippen LogP) is 1.25. The molecule has 0 aromatic heterocycles. The highest BCUT2D eigenvalue weighted by Crippen LogP contribution is 2.50. The van der Waals surface area contributed by atoms with Gasteiger partial charge in [-0.1, -0.05) is 6.92 Å². The van der Waals surface area contributed by atoms with Crippen molar-refractivity contribution in [1.29, 1.82) is 0 Å². The normalized spacial score (nSPS) is 30.4. The van der Waals surface area contributed by atoms with Crippen LogP contribution >= 0.6 is 0 Å². The highest BCUT2D eigenvalue weighted by Gasteiger charge is 2.60. The Morgan fingerprint density at radius 1 is 1.39 bits per heavy atom. The van der Waals surface area contributed by atoms with Gasteiger partial charge >= 0.3 is 6.09 Å². The van der Waals surface area contributed by atoms with E-state index in [1.807, 2.05) is 27.7 Å². The molecule has 104 valence electrons. The highest BCUT2D eigenvalue weighted by molar-refractivity contribution is 5.69. The quantitative estimate of drug-likeness (QED) is 0.768. The second kappa shape index (κ2) is 4.10. The number of hydrogen-bond acceptors (Lipinski definition) is 4. The van der Waals surface area contributed by atoms with Crippen LogP contribution in [-0.2, 0) is 9.47 Å². The van der Waals surface area contributed by atoms with Gasteiger partial charge in [-0.2, -0.15) is 0 Å². The van der Waals surface area contributed by atoms with Crippen LogP contribution in [0.15, 0.2) is 0 Å². The Morgan fingerprint density at radius 3 is 2.33 bits per heavy atom. The van der Waals surface area contributed by atoms with Gasteiger partial charge in [0.05, 0.1) is 19.8 Å². The Morgan fingerprint density at radius 2 is 2.00 bits per heavy atom. The van der Waals surface area contributed by atoms with Crippen LogP contribution in [0, 0.1) is 10.8 Å². The minimum Gasteiger partial charge on any atom is -0.444 e. The Labute approximate surface area is 108 Å². The summed E-state index contributed by atoms with van der Waals surface area (Å²) in [6.07, 6.45) is -0.300. The summed E-state index contributed by atoms with van der Waals surface area (Å²) in [6, 6.07) is 0. The van der Waals surface area contributed by atoms with Gasteiger partial charge in [-0.05, 0) is 20.8 Å². The van der Waals surface area contributed by atoms with Crippen LogP contribution in [0.4, 0.5) is 4.79 Å². The van der Waals surface area contributed by atoms with Gasteiger partial charge in [0.1, 0.15) is 5.60 Å². The van der Waals surface area contributed by atoms with Crippen LogP contribution in [0.2, 0.25) is 0 Å². The summed E-state index contributed by atoms with van der Waals surface area (Å²) in [5, 5.41) is 9.62. The third-order valence-corrected chi connectivity index (χ3v) is 4.07. The molecule has 2 saturated heterocycles. The van der Waals surface area contributed by atoms with Crippen LogP contribution in [0.5, 0.6) is 0 Å². The molecule has 0 radical (unpaired) electrons. The van der Waals surface area contributed by atoms with Gasteiger partial charge in [-0.25, -0.2) is 4.79 Å². The maximum absolute atomic E-state index is 12.1. The number of amides is 1. The lowest BCUT2D eigenvalue weighted by Gasteiger charge is -2.47. The van der Waals surface area contributed by atoms with Crippen molar-refractivity contribution in [3.63, 3.8) is 0 Å². The molecule has 2 aliphatic rings. The zero-order chi connectivity index (χ0) is 13.6. The molecule has 0 saturated carbocycles. The molecule has 18 heavy (non-hydrogen) atoms. The Bertz CT molecular complexity index is 334. The maximum Gasteiger partial charge on any atom is 0.410 e. The average Bonchev–Trinajstić information content (AvgIpc) is 2.50. The van der Waals surface area contributed by atoms with Gasteiger partial charge in [0.2, 0.25) is 0 Å². The fourth-order valence-electron chi connectivity index (χ4n) is 2.66. The van der Waals surface area contributed by atoms with Crippen molar-refractivity contribution in [2.24, 2.45) is 10.8 Å². The van der Waals surface area contributed by atoms with E-state index in [1.165, 1.54) is 0 Å². The molecule has 0 bridgehead atoms. The standard InChI is InChI=1S/C13H23NO4/c1-11(2,3)18-10(16)14-5-12(4,7-15)13(6-14)8-17-9-13/h15H,5-9H2,1-4H3/t12-/m0/s1. The fourth-order valence-corrected chi connectivity index (χ4v) is 2.66. The average molecular weight is 257 g/mol. The number of hydrogen-bond donors (Lipinski definition) is 1. The second-order valence-electron chi connectivity index (χ2n) is 6.83. The van der Waals surface area contributed by atoms with Gasteiger partial charge < -0.3 is 19.5 Å². The van der Waals surface area contributed by atoms with E-state index in [0.29, 0.717) is 26.3 Å². The van der Waals surface area contributed by atoms with Gasteiger partial charge in [0, 0.05) is 23.9 Å². The molecule has 1 spiro atoms. The molecule has 1 N–H and O–H groups in total. The summed E-state index contributed by atoms with van der Waals surface area (Å²) >= 11 is 0. The van der Waals surface area contributed by atoms with Gasteiger partial charge in [-0.15, -0.1) is 0 Å². The molecule has 2 aliphatic heterocycles. The molecule has 2 rings (SSSR count). The summed E-state index contributed by atoms with van der Waals surface area (Å²) in [5.74, 6) is 0. The molecule has 0 unspecified atom stereocenters. The summed E-state index contributed by atoms with van der Waals surface area (Å²) in [6.45, 7) is 10.0. The van der Waals surface area contributed by atoms with Crippen molar-refractivity contribution in [2.75, 3.05) is 32.9 Å². The van der Waals surface area contributed by atoms with E-state index in [-0.39, 0.29) is 23.5 Å². The van der Waals surface area contributed by atoms with Crippen molar-refractivity contribution >= 4 is 6.09 Å². The molecule has 2 fully saturated rings. The molecule has 2 heterocycles. The summed E-state index contributed by atoms with van der Waals surface area (Å²) in [5.41, 5.74) is -0.876. The van der Waals surface area contributed by atoms with E-state index < -0.39 is 5.60 Å². The topological polar surface area (TPSA) is 59.0 Å². The number of aliphatic hydroxyl groups excluding tert-OH is 1. The van der Waals surface area contributed by atoms with E-state index >= 15 is 0 Å². The molecular weight excluding hydrogens is 234 g/mol. The summed E-state index contributed by atoms with van der Waals surface area (Å²) in [4.78, 5) is 13.8. The van der Waals surface area contributed by atoms with Crippen LogP contribution < -0.4 is 0 Å². The van der Waals surface area contributed by atoms with E-state index in [9.17, 15) is 9.90 Å². The van der Waals surface area contributed by atoms with E-state index in [2.05, 4.69) is 0 Å². The number of carbonyl (C=O) groups is 1. The lowest BCUT2D eigenvalue weighted by molar-refractivity contribution is -0.166. The van der Waals surface area contributed by atoms with Crippen molar-refractivity contribution in [3.8, 4) is 0 Å². The van der Waals surface area contributed by atoms with Gasteiger partial charge in [0.15, 0.2) is 0 Å². The maximum atomic E-state index is 12.1. The molecule has 0 aromatic rings. The van der Waals surface area contributed by atoms with Crippen LogP contribution in [0.3, 0.4) is 0 Å². The van der Waals surface area contributed by atoms with Crippen molar-refractivity contribution in [2.45, 2.75) is 33.3 Å². The molecule has 0 aliphatic carbocycles. The lowest BCUT2D eigenvalue weighted by atomic mass is 9.66. The number of likely N-dealkylation sites (tertiary alicyclic amines) is 1. The lowest BCUT2D eigenvalue weighted by Crippen LogP contribution is -2.55. The third-order valence-electron chi connectivity index (χ3n) is 4.07. The molecule has 5 nitrogen and oxygen atoms in total. The van der Waals surface area contributed by atoms with Crippen molar-refractivity contribution in [1.82, 2.24) is 4.90 Å². The largest absolute Gasteiger partial charge is 0.444 e. The number of nitrogens with zero attached hydrogens (tertiary/aromatic N) is 1. The van der Waals surface area contributed by atoms with Crippen LogP contribution in [0.1, 0.15) is 27.7 Å². The first kappa shape index (κ1) is 13.6. The van der Waals surface area contributed by atoms with Gasteiger partial charge in [0.25, 0.3) is 0 Å². The fraction of sp³-hybridized carbons (Fsp3) is 0.923. The summed E-state index contributed by atoms with van der Waals surface area (Å²) in [7, 11) is 0. The third kappa shape index (κ3) is 2.10. The molecule has 1 amide bonds. The Balaban J connectivity index is 2.08. The minimum absolute atomic E-state index is 0.0651. The van der Waals surface area contributed by atoms with Crippen molar-refractivity contribution < 1.29 is 19.4 Å². The van der Waals surface area contributed by atoms with E-state index in [0.717, 1.165) is 0 Å². The first-order chi connectivity index (χ1) is 8.21. The minimum atomic E-state index is -0.488. The Kier molecular flexibility index (Phi) is 3.10. The monoisotopic (exact) mass is 257 g/mol. The van der Waals surface area contributed by atoms with Gasteiger partial charge in [-0.3, -0.25) is 0 Å². The SMILES string of the molecule is CC(C)(C)OC(=O)N1CC2(COC2)[C@](C)(CO)C1. The number of aliphatic hydroxyl groups is 1. The molecule has 5 heteroatoms. The predicted molar refractivity (Wildman–Crippen MR) is 66.3 cm³/mol. The van der Waals surface area contributed by atoms with Crippen LogP contribution in [0.25, 0.3) is 0 Å². The highest BCUT2D eigenvalue weighted by atomic mass is 16.6. The molecule has 1 atom stereocenters. The molecular formula is C13H23NO4. The van der Waals surface area contributed by atoms with E-state index in [4.69, 9.17) is 9.47 Å². The van der Waals surface area contributed by atoms with Crippen LogP contribution in [-0.4, -0.2) is 54.6 Å². The number of carbonyl (C=O) groups excluding carboxylic acids is 1. The zero-order valence-corrected chi connectivity index (χ0v) is 11.7. The second-order valence-corrected chi connectivity index (χ2v) is 6.83. The number of ether oxygens (including phenoxy) is 2.